The molecule has 0 radical (unpaired) electrons. The number of hydrogen-bond acceptors (Lipinski definition) is 5. The molecule has 0 aromatic rings. The summed E-state index contributed by atoms with van der Waals surface area (Å²) in [6.07, 6.45) is 43.8. The molecule has 0 aromatic heterocycles. The third-order valence-electron chi connectivity index (χ3n) is 9.17. The third-order valence-corrected chi connectivity index (χ3v) is 10.9. The Bertz CT molecular complexity index is 684. The van der Waals surface area contributed by atoms with Gasteiger partial charge in [-0.1, -0.05) is 184 Å². The van der Waals surface area contributed by atoms with Crippen LogP contribution in [-0.4, -0.2) is 47.3 Å². The van der Waals surface area contributed by atoms with Crippen LogP contribution in [-0.2, 0) is 9.59 Å². The van der Waals surface area contributed by atoms with E-state index >= 15 is 0 Å². The molecule has 0 amide bonds. The van der Waals surface area contributed by atoms with Gasteiger partial charge in [0.25, 0.3) is 0 Å². The first-order valence-corrected chi connectivity index (χ1v) is 22.2. The van der Waals surface area contributed by atoms with E-state index in [4.69, 9.17) is 0 Å². The molecule has 5 heteroatoms. The van der Waals surface area contributed by atoms with Crippen LogP contribution in [0.4, 0.5) is 0 Å². The molecule has 0 aliphatic rings. The molecule has 0 aromatic carbocycles. The SMILES string of the molecule is CCCCCC/C=C\CSC(=O)CCCCCCCC(CCCCCCCC(=O)SC/C=C\CCCCCC)CCCCCN(C)C. The number of carbonyl (C=O) groups excluding carboxylic acids is 2. The predicted molar refractivity (Wildman–Crippen MR) is 216 cm³/mol. The van der Waals surface area contributed by atoms with Gasteiger partial charge in [0.2, 0.25) is 0 Å². The van der Waals surface area contributed by atoms with Gasteiger partial charge in [0, 0.05) is 24.3 Å². The molecule has 47 heavy (non-hydrogen) atoms. The summed E-state index contributed by atoms with van der Waals surface area (Å²) < 4.78 is 0. The maximum Gasteiger partial charge on any atom is 0.189 e. The first kappa shape index (κ1) is 46.5. The number of rotatable bonds is 36. The number of unbranched alkanes of at least 4 members (excludes halogenated alkanes) is 18. The average Bonchev–Trinajstić information content (AvgIpc) is 3.05. The Hall–Kier alpha value is -0.520. The van der Waals surface area contributed by atoms with Crippen molar-refractivity contribution in [1.82, 2.24) is 4.90 Å². The first-order valence-electron chi connectivity index (χ1n) is 20.3. The maximum absolute atomic E-state index is 12.2. The van der Waals surface area contributed by atoms with Crippen molar-refractivity contribution in [3.05, 3.63) is 24.3 Å². The van der Waals surface area contributed by atoms with Crippen LogP contribution in [0.3, 0.4) is 0 Å². The number of nitrogens with zero attached hydrogens (tertiary/aromatic N) is 1. The highest BCUT2D eigenvalue weighted by Crippen LogP contribution is 2.25. The Morgan fingerprint density at radius 1 is 0.489 bits per heavy atom. The predicted octanol–water partition coefficient (Wildman–Crippen LogP) is 13.8. The molecule has 0 aliphatic carbocycles. The second-order valence-electron chi connectivity index (χ2n) is 14.1. The van der Waals surface area contributed by atoms with Crippen LogP contribution in [0.1, 0.15) is 194 Å². The molecule has 3 nitrogen and oxygen atoms in total. The molecule has 0 heterocycles. The maximum atomic E-state index is 12.2. The molecular formula is C42H79NO2S2. The highest BCUT2D eigenvalue weighted by molar-refractivity contribution is 8.14. The number of hydrogen-bond donors (Lipinski definition) is 0. The smallest absolute Gasteiger partial charge is 0.189 e. The van der Waals surface area contributed by atoms with Crippen molar-refractivity contribution in [2.24, 2.45) is 5.92 Å². The average molecular weight is 694 g/mol. The van der Waals surface area contributed by atoms with Crippen LogP contribution in [0, 0.1) is 5.92 Å². The molecule has 0 N–H and O–H groups in total. The summed E-state index contributed by atoms with van der Waals surface area (Å²) in [6, 6.07) is 0. The van der Waals surface area contributed by atoms with Gasteiger partial charge in [0.05, 0.1) is 0 Å². The number of allylic oxidation sites excluding steroid dienone is 2. The van der Waals surface area contributed by atoms with Crippen LogP contribution in [0.2, 0.25) is 0 Å². The van der Waals surface area contributed by atoms with Crippen molar-refractivity contribution >= 4 is 33.8 Å². The van der Waals surface area contributed by atoms with Crippen molar-refractivity contribution < 1.29 is 9.59 Å². The lowest BCUT2D eigenvalue weighted by Gasteiger charge is -2.17. The minimum Gasteiger partial charge on any atom is -0.309 e. The van der Waals surface area contributed by atoms with Gasteiger partial charge in [-0.2, -0.15) is 0 Å². The fourth-order valence-corrected chi connectivity index (χ4v) is 7.53. The van der Waals surface area contributed by atoms with Gasteiger partial charge in [-0.3, -0.25) is 9.59 Å². The monoisotopic (exact) mass is 694 g/mol. The normalized spacial score (nSPS) is 12.0. The Morgan fingerprint density at radius 3 is 1.30 bits per heavy atom. The standard InChI is InChI=1S/C42H79NO2S2/c1-5-7-9-11-13-21-30-38-46-41(44)35-27-19-15-17-24-32-40(34-26-23-29-37-43(3)4)33-25-18-16-20-28-36-42(45)47-39-31-22-14-12-10-8-6-2/h21-22,30-31,40H,5-20,23-29,32-39H2,1-4H3/b30-21-,31-22-. The van der Waals surface area contributed by atoms with Gasteiger partial charge >= 0.3 is 0 Å². The van der Waals surface area contributed by atoms with Gasteiger partial charge in [0.1, 0.15) is 0 Å². The van der Waals surface area contributed by atoms with Crippen molar-refractivity contribution in [3.63, 3.8) is 0 Å². The van der Waals surface area contributed by atoms with Crippen molar-refractivity contribution in [1.29, 1.82) is 0 Å². The quantitative estimate of drug-likeness (QED) is 0.0482. The molecule has 0 rings (SSSR count). The van der Waals surface area contributed by atoms with Crippen molar-refractivity contribution in [2.75, 3.05) is 32.1 Å². The van der Waals surface area contributed by atoms with E-state index in [2.05, 4.69) is 57.1 Å². The lowest BCUT2D eigenvalue weighted by atomic mass is 9.89. The van der Waals surface area contributed by atoms with Crippen molar-refractivity contribution in [2.45, 2.75) is 194 Å². The second kappa shape index (κ2) is 38.3. The largest absolute Gasteiger partial charge is 0.309 e. The van der Waals surface area contributed by atoms with Gasteiger partial charge in [-0.25, -0.2) is 0 Å². The molecular weight excluding hydrogens is 615 g/mol. The van der Waals surface area contributed by atoms with Crippen LogP contribution < -0.4 is 0 Å². The van der Waals surface area contributed by atoms with Crippen LogP contribution >= 0.6 is 23.5 Å². The zero-order valence-corrected chi connectivity index (χ0v) is 33.5. The Kier molecular flexibility index (Phi) is 37.9. The molecule has 0 unspecified atom stereocenters. The van der Waals surface area contributed by atoms with E-state index in [0.29, 0.717) is 10.2 Å². The summed E-state index contributed by atoms with van der Waals surface area (Å²) in [4.78, 5) is 26.7. The minimum absolute atomic E-state index is 0.372. The molecule has 0 fully saturated rings. The molecule has 0 spiro atoms. The fourth-order valence-electron chi connectivity index (χ4n) is 6.11. The van der Waals surface area contributed by atoms with E-state index in [9.17, 15) is 9.59 Å². The summed E-state index contributed by atoms with van der Waals surface area (Å²) in [6.45, 7) is 5.70. The van der Waals surface area contributed by atoms with Crippen molar-refractivity contribution in [3.8, 4) is 0 Å². The molecule has 0 saturated carbocycles. The summed E-state index contributed by atoms with van der Waals surface area (Å²) in [5, 5.41) is 0.744. The van der Waals surface area contributed by atoms with Crippen LogP contribution in [0.25, 0.3) is 0 Å². The molecule has 0 atom stereocenters. The molecule has 0 aliphatic heterocycles. The Balaban J connectivity index is 3.99. The zero-order chi connectivity index (χ0) is 34.5. The van der Waals surface area contributed by atoms with Gasteiger partial charge in [-0.05, 0) is 71.5 Å². The lowest BCUT2D eigenvalue weighted by Crippen LogP contribution is -2.12. The number of carbonyl (C=O) groups is 2. The van der Waals surface area contributed by atoms with Crippen LogP contribution in [0.5, 0.6) is 0 Å². The Morgan fingerprint density at radius 2 is 0.872 bits per heavy atom. The minimum atomic E-state index is 0.372. The van der Waals surface area contributed by atoms with Gasteiger partial charge in [-0.15, -0.1) is 0 Å². The van der Waals surface area contributed by atoms with Gasteiger partial charge < -0.3 is 4.90 Å². The van der Waals surface area contributed by atoms with E-state index in [1.807, 2.05) is 0 Å². The van der Waals surface area contributed by atoms with Gasteiger partial charge in [0.15, 0.2) is 10.2 Å². The first-order chi connectivity index (χ1) is 23.0. The zero-order valence-electron chi connectivity index (χ0n) is 31.9. The van der Waals surface area contributed by atoms with Crippen LogP contribution in [0.15, 0.2) is 24.3 Å². The highest BCUT2D eigenvalue weighted by Gasteiger charge is 2.09. The Labute approximate surface area is 303 Å². The molecule has 0 bridgehead atoms. The van der Waals surface area contributed by atoms with E-state index in [1.54, 1.807) is 0 Å². The summed E-state index contributed by atoms with van der Waals surface area (Å²) >= 11 is 3.01. The summed E-state index contributed by atoms with van der Waals surface area (Å²) in [5.41, 5.74) is 0. The summed E-state index contributed by atoms with van der Waals surface area (Å²) in [5.74, 6) is 2.57. The fraction of sp³-hybridized carbons (Fsp3) is 0.857. The molecule has 276 valence electrons. The molecule has 0 saturated heterocycles. The number of thioether (sulfide) groups is 2. The summed E-state index contributed by atoms with van der Waals surface area (Å²) in [7, 11) is 4.35. The second-order valence-corrected chi connectivity index (χ2v) is 16.3. The topological polar surface area (TPSA) is 37.4 Å². The lowest BCUT2D eigenvalue weighted by molar-refractivity contribution is -0.111. The third kappa shape index (κ3) is 38.1. The van der Waals surface area contributed by atoms with E-state index in [-0.39, 0.29) is 0 Å². The van der Waals surface area contributed by atoms with E-state index in [0.717, 1.165) is 55.9 Å². The highest BCUT2D eigenvalue weighted by atomic mass is 32.2. The van der Waals surface area contributed by atoms with E-state index in [1.165, 1.54) is 171 Å². The van der Waals surface area contributed by atoms with E-state index < -0.39 is 0 Å².